The maximum Gasteiger partial charge on any atom is 0.413 e. The first-order chi connectivity index (χ1) is 12.6. The fraction of sp³-hybridized carbons (Fsp3) is 0.579. The van der Waals surface area contributed by atoms with E-state index in [0.717, 1.165) is 5.56 Å². The number of hydrogen-bond acceptors (Lipinski definition) is 7. The Morgan fingerprint density at radius 1 is 1.22 bits per heavy atom. The third kappa shape index (κ3) is 7.99. The molecule has 0 aromatic carbocycles. The lowest BCUT2D eigenvalue weighted by Gasteiger charge is -2.22. The number of hydrogen-bond donors (Lipinski definition) is 2. The van der Waals surface area contributed by atoms with Crippen LogP contribution in [0.4, 0.5) is 10.6 Å². The third-order valence-electron chi connectivity index (χ3n) is 3.70. The summed E-state index contributed by atoms with van der Waals surface area (Å²) in [5.74, 6) is -1.12. The molecule has 150 valence electrons. The molecule has 1 rings (SSSR count). The van der Waals surface area contributed by atoms with Crippen molar-refractivity contribution in [1.29, 1.82) is 0 Å². The molecule has 0 aliphatic heterocycles. The van der Waals surface area contributed by atoms with Gasteiger partial charge in [-0.15, -0.1) is 0 Å². The smallest absolute Gasteiger partial charge is 0.413 e. The summed E-state index contributed by atoms with van der Waals surface area (Å²) in [6.45, 7) is 8.71. The van der Waals surface area contributed by atoms with E-state index in [1.165, 1.54) is 6.92 Å². The van der Waals surface area contributed by atoms with Crippen LogP contribution in [0.5, 0.6) is 0 Å². The Labute approximate surface area is 165 Å². The molecule has 1 heterocycles. The van der Waals surface area contributed by atoms with Crippen molar-refractivity contribution < 1.29 is 23.9 Å². The largest absolute Gasteiger partial charge is 0.466 e. The van der Waals surface area contributed by atoms with Gasteiger partial charge in [0.1, 0.15) is 17.2 Å². The minimum absolute atomic E-state index is 0.112. The molecule has 0 fully saturated rings. The fourth-order valence-electron chi connectivity index (χ4n) is 2.46. The maximum absolute atomic E-state index is 12.3. The highest BCUT2D eigenvalue weighted by Crippen LogP contribution is 2.22. The van der Waals surface area contributed by atoms with Crippen LogP contribution < -0.4 is 5.32 Å². The second-order valence-electron chi connectivity index (χ2n) is 7.14. The molecule has 1 amide bonds. The first-order valence-corrected chi connectivity index (χ1v) is 9.43. The molecule has 2 atom stereocenters. The van der Waals surface area contributed by atoms with Crippen molar-refractivity contribution in [2.75, 3.05) is 17.7 Å². The number of anilines is 1. The summed E-state index contributed by atoms with van der Waals surface area (Å²) in [5.41, 5.74) is 0.140. The number of nitrogens with zero attached hydrogens (tertiary/aromatic N) is 1. The number of thiol groups is 1. The van der Waals surface area contributed by atoms with Gasteiger partial charge in [-0.2, -0.15) is 12.6 Å². The van der Waals surface area contributed by atoms with Crippen molar-refractivity contribution in [2.24, 2.45) is 11.8 Å². The molecule has 0 bridgehead atoms. The highest BCUT2D eigenvalue weighted by Gasteiger charge is 2.32. The van der Waals surface area contributed by atoms with Gasteiger partial charge in [-0.3, -0.25) is 14.9 Å². The first-order valence-electron chi connectivity index (χ1n) is 8.80. The minimum Gasteiger partial charge on any atom is -0.466 e. The van der Waals surface area contributed by atoms with Crippen molar-refractivity contribution in [3.05, 3.63) is 23.9 Å². The van der Waals surface area contributed by atoms with E-state index >= 15 is 0 Å². The number of ether oxygens (including phenoxy) is 2. The molecule has 1 N–H and O–H groups in total. The number of aromatic nitrogens is 1. The van der Waals surface area contributed by atoms with Gasteiger partial charge in [0.05, 0.1) is 12.5 Å². The number of nitrogens with one attached hydrogen (secondary N) is 1. The van der Waals surface area contributed by atoms with Crippen LogP contribution in [0.25, 0.3) is 0 Å². The van der Waals surface area contributed by atoms with Crippen LogP contribution in [0, 0.1) is 11.8 Å². The Morgan fingerprint density at radius 3 is 2.33 bits per heavy atom. The summed E-state index contributed by atoms with van der Waals surface area (Å²) in [7, 11) is 0. The van der Waals surface area contributed by atoms with Crippen molar-refractivity contribution in [2.45, 2.75) is 46.6 Å². The predicted octanol–water partition coefficient (Wildman–Crippen LogP) is 3.29. The number of carbonyl (C=O) groups is 3. The van der Waals surface area contributed by atoms with E-state index in [1.54, 1.807) is 46.0 Å². The van der Waals surface area contributed by atoms with E-state index in [9.17, 15) is 14.4 Å². The van der Waals surface area contributed by atoms with E-state index < -0.39 is 29.5 Å². The molecule has 8 heteroatoms. The van der Waals surface area contributed by atoms with Crippen molar-refractivity contribution in [1.82, 2.24) is 4.98 Å². The van der Waals surface area contributed by atoms with Gasteiger partial charge in [0, 0.05) is 17.9 Å². The number of pyridine rings is 1. The number of amides is 1. The SMILES string of the molecule is CCOC(=O)C(Cc1ccc(NC(=O)OC(C)(C)C)nc1)C(CS)C(C)=O. The molecule has 2 unspecified atom stereocenters. The zero-order valence-electron chi connectivity index (χ0n) is 16.4. The summed E-state index contributed by atoms with van der Waals surface area (Å²) in [6.07, 6.45) is 1.25. The van der Waals surface area contributed by atoms with E-state index in [1.807, 2.05) is 0 Å². The lowest BCUT2D eigenvalue weighted by atomic mass is 9.86. The van der Waals surface area contributed by atoms with Crippen LogP contribution in [-0.4, -0.2) is 40.8 Å². The molecule has 0 saturated heterocycles. The van der Waals surface area contributed by atoms with Crippen LogP contribution in [0.2, 0.25) is 0 Å². The standard InChI is InChI=1S/C19H28N2O5S/c1-6-25-17(23)14(15(11-27)12(2)22)9-13-7-8-16(20-10-13)21-18(24)26-19(3,4)5/h7-8,10,14-15,27H,6,9,11H2,1-5H3,(H,20,21,24). The number of Topliss-reactive ketones (excluding diaryl/α,β-unsaturated/α-hetero) is 1. The molecule has 0 radical (unpaired) electrons. The Bertz CT molecular complexity index is 655. The molecule has 27 heavy (non-hydrogen) atoms. The van der Waals surface area contributed by atoms with Crippen molar-refractivity contribution >= 4 is 36.3 Å². The molecule has 0 aliphatic rings. The molecule has 7 nitrogen and oxygen atoms in total. The van der Waals surface area contributed by atoms with E-state index in [-0.39, 0.29) is 18.1 Å². The second kappa shape index (κ2) is 10.3. The van der Waals surface area contributed by atoms with Crippen LogP contribution >= 0.6 is 12.6 Å². The normalized spacial score (nSPS) is 13.4. The van der Waals surface area contributed by atoms with E-state index in [0.29, 0.717) is 12.2 Å². The summed E-state index contributed by atoms with van der Waals surface area (Å²) in [4.78, 5) is 40.1. The summed E-state index contributed by atoms with van der Waals surface area (Å²) in [6, 6.07) is 3.35. The summed E-state index contributed by atoms with van der Waals surface area (Å²) >= 11 is 4.21. The van der Waals surface area contributed by atoms with Gasteiger partial charge in [-0.25, -0.2) is 9.78 Å². The van der Waals surface area contributed by atoms with Crippen LogP contribution in [0.3, 0.4) is 0 Å². The summed E-state index contributed by atoms with van der Waals surface area (Å²) in [5, 5.41) is 2.54. The molecule has 0 aliphatic carbocycles. The van der Waals surface area contributed by atoms with Crippen LogP contribution in [-0.2, 0) is 25.5 Å². The van der Waals surface area contributed by atoms with Gasteiger partial charge in [0.15, 0.2) is 0 Å². The fourth-order valence-corrected chi connectivity index (χ4v) is 2.97. The minimum atomic E-state index is -0.633. The molecule has 0 spiro atoms. The number of ketones is 1. The zero-order chi connectivity index (χ0) is 20.6. The highest BCUT2D eigenvalue weighted by molar-refractivity contribution is 7.80. The Balaban J connectivity index is 2.86. The average Bonchev–Trinajstić information content (AvgIpc) is 2.54. The lowest BCUT2D eigenvalue weighted by Crippen LogP contribution is -2.33. The van der Waals surface area contributed by atoms with Gasteiger partial charge >= 0.3 is 12.1 Å². The quantitative estimate of drug-likeness (QED) is 0.517. The third-order valence-corrected chi connectivity index (χ3v) is 4.10. The van der Waals surface area contributed by atoms with Crippen molar-refractivity contribution in [3.63, 3.8) is 0 Å². The van der Waals surface area contributed by atoms with Crippen molar-refractivity contribution in [3.8, 4) is 0 Å². The van der Waals surface area contributed by atoms with E-state index in [4.69, 9.17) is 9.47 Å². The highest BCUT2D eigenvalue weighted by atomic mass is 32.1. The predicted molar refractivity (Wildman–Crippen MR) is 106 cm³/mol. The second-order valence-corrected chi connectivity index (χ2v) is 7.51. The molecular weight excluding hydrogens is 368 g/mol. The molecule has 1 aromatic heterocycles. The van der Waals surface area contributed by atoms with Gasteiger partial charge in [0.25, 0.3) is 0 Å². The zero-order valence-corrected chi connectivity index (χ0v) is 17.3. The van der Waals surface area contributed by atoms with Gasteiger partial charge in [-0.1, -0.05) is 6.07 Å². The number of rotatable bonds is 8. The molecular formula is C19H28N2O5S. The number of carbonyl (C=O) groups excluding carboxylic acids is 3. The van der Waals surface area contributed by atoms with E-state index in [2.05, 4.69) is 22.9 Å². The Kier molecular flexibility index (Phi) is 8.75. The Morgan fingerprint density at radius 2 is 1.89 bits per heavy atom. The summed E-state index contributed by atoms with van der Waals surface area (Å²) < 4.78 is 10.3. The molecule has 1 aromatic rings. The van der Waals surface area contributed by atoms with Gasteiger partial charge in [0.2, 0.25) is 0 Å². The van der Waals surface area contributed by atoms with Crippen LogP contribution in [0.15, 0.2) is 18.3 Å². The van der Waals surface area contributed by atoms with Gasteiger partial charge < -0.3 is 9.47 Å². The van der Waals surface area contributed by atoms with Crippen LogP contribution in [0.1, 0.15) is 40.2 Å². The average molecular weight is 397 g/mol. The Hall–Kier alpha value is -2.09. The topological polar surface area (TPSA) is 94.6 Å². The maximum atomic E-state index is 12.3. The first kappa shape index (κ1) is 23.0. The number of esters is 1. The monoisotopic (exact) mass is 396 g/mol. The molecule has 0 saturated carbocycles. The van der Waals surface area contributed by atoms with Gasteiger partial charge in [-0.05, 0) is 52.7 Å². The lowest BCUT2D eigenvalue weighted by molar-refractivity contribution is -0.151.